The maximum Gasteiger partial charge on any atom is 0.494 e. The van der Waals surface area contributed by atoms with E-state index >= 15 is 0 Å². The fourth-order valence-corrected chi connectivity index (χ4v) is 3.64. The molecule has 2 aliphatic rings. The Morgan fingerprint density at radius 3 is 2.29 bits per heavy atom. The van der Waals surface area contributed by atoms with Crippen LogP contribution in [0.3, 0.4) is 0 Å². The van der Waals surface area contributed by atoms with Crippen LogP contribution in [-0.2, 0) is 20.7 Å². The van der Waals surface area contributed by atoms with Gasteiger partial charge in [-0.3, -0.25) is 4.79 Å². The fourth-order valence-electron chi connectivity index (χ4n) is 3.64. The summed E-state index contributed by atoms with van der Waals surface area (Å²) in [5.41, 5.74) is 1.47. The monoisotopic (exact) mass is 423 g/mol. The summed E-state index contributed by atoms with van der Waals surface area (Å²) >= 11 is 0. The van der Waals surface area contributed by atoms with Crippen molar-refractivity contribution in [1.82, 2.24) is 4.90 Å². The number of nitrogens with zero attached hydrogens (tertiary/aromatic N) is 1. The van der Waals surface area contributed by atoms with Gasteiger partial charge in [0.2, 0.25) is 0 Å². The summed E-state index contributed by atoms with van der Waals surface area (Å²) in [5.74, 6) is 0.491. The maximum atomic E-state index is 13.4. The summed E-state index contributed by atoms with van der Waals surface area (Å²) < 4.78 is 23.9. The van der Waals surface area contributed by atoms with Crippen molar-refractivity contribution in [1.29, 1.82) is 0 Å². The zero-order chi connectivity index (χ0) is 22.1. The van der Waals surface area contributed by atoms with Gasteiger partial charge in [-0.2, -0.15) is 0 Å². The Morgan fingerprint density at radius 1 is 1.00 bits per heavy atom. The predicted octanol–water partition coefficient (Wildman–Crippen LogP) is 3.04. The van der Waals surface area contributed by atoms with E-state index in [9.17, 15) is 4.79 Å². The highest BCUT2D eigenvalue weighted by atomic mass is 16.7. The van der Waals surface area contributed by atoms with E-state index in [-0.39, 0.29) is 5.91 Å². The second kappa shape index (κ2) is 8.65. The molecule has 0 unspecified atom stereocenters. The average Bonchev–Trinajstić information content (AvgIpc) is 3.00. The van der Waals surface area contributed by atoms with Crippen molar-refractivity contribution in [2.24, 2.45) is 0 Å². The van der Waals surface area contributed by atoms with Crippen LogP contribution in [0.2, 0.25) is 0 Å². The molecule has 0 spiro atoms. The van der Waals surface area contributed by atoms with Gasteiger partial charge in [-0.25, -0.2) is 0 Å². The highest BCUT2D eigenvalue weighted by Gasteiger charge is 2.51. The Morgan fingerprint density at radius 2 is 1.65 bits per heavy atom. The third-order valence-corrected chi connectivity index (χ3v) is 6.29. The van der Waals surface area contributed by atoms with E-state index in [4.69, 9.17) is 18.8 Å². The van der Waals surface area contributed by atoms with Crippen molar-refractivity contribution >= 4 is 18.5 Å². The van der Waals surface area contributed by atoms with Gasteiger partial charge >= 0.3 is 7.12 Å². The van der Waals surface area contributed by atoms with Gasteiger partial charge in [0.25, 0.3) is 5.91 Å². The highest BCUT2D eigenvalue weighted by Crippen LogP contribution is 2.36. The molecule has 0 saturated carbocycles. The normalized spacial score (nSPS) is 20.0. The van der Waals surface area contributed by atoms with E-state index in [0.29, 0.717) is 44.2 Å². The van der Waals surface area contributed by atoms with Crippen molar-refractivity contribution < 1.29 is 23.6 Å². The molecule has 0 aliphatic carbocycles. The molecule has 2 aromatic carbocycles. The molecule has 6 nitrogen and oxygen atoms in total. The van der Waals surface area contributed by atoms with Gasteiger partial charge in [0, 0.05) is 13.1 Å². The van der Waals surface area contributed by atoms with E-state index in [0.717, 1.165) is 11.0 Å². The number of carbonyl (C=O) groups excluding carboxylic acids is 1. The minimum atomic E-state index is -0.538. The first-order chi connectivity index (χ1) is 14.8. The highest BCUT2D eigenvalue weighted by molar-refractivity contribution is 6.62. The molecule has 1 amide bonds. The average molecular weight is 423 g/mol. The van der Waals surface area contributed by atoms with Crippen LogP contribution in [-0.4, -0.2) is 55.4 Å². The Kier molecular flexibility index (Phi) is 6.10. The smallest absolute Gasteiger partial charge is 0.488 e. The summed E-state index contributed by atoms with van der Waals surface area (Å²) in [4.78, 5) is 15.2. The van der Waals surface area contributed by atoms with Crippen molar-refractivity contribution in [3.05, 3.63) is 59.7 Å². The zero-order valence-corrected chi connectivity index (χ0v) is 18.7. The van der Waals surface area contributed by atoms with Crippen LogP contribution in [0, 0.1) is 0 Å². The topological polar surface area (TPSA) is 57.2 Å². The first-order valence-electron chi connectivity index (χ1n) is 10.8. The number of benzene rings is 2. The van der Waals surface area contributed by atoms with Crippen LogP contribution in [0.15, 0.2) is 48.5 Å². The van der Waals surface area contributed by atoms with E-state index < -0.39 is 18.3 Å². The van der Waals surface area contributed by atoms with Crippen molar-refractivity contribution in [3.8, 4) is 5.75 Å². The van der Waals surface area contributed by atoms with Gasteiger partial charge in [0.05, 0.1) is 30.0 Å². The second-order valence-corrected chi connectivity index (χ2v) is 9.02. The molecular formula is C24H30BNO5. The van der Waals surface area contributed by atoms with Crippen LogP contribution < -0.4 is 10.2 Å². The molecule has 0 bridgehead atoms. The number of hydrogen-bond acceptors (Lipinski definition) is 5. The van der Waals surface area contributed by atoms with Crippen molar-refractivity contribution in [3.63, 3.8) is 0 Å². The molecule has 164 valence electrons. The lowest BCUT2D eigenvalue weighted by Gasteiger charge is -2.32. The fraction of sp³-hybridized carbons (Fsp3) is 0.458. The molecule has 0 N–H and O–H groups in total. The maximum absolute atomic E-state index is 13.4. The summed E-state index contributed by atoms with van der Waals surface area (Å²) in [7, 11) is -0.538. The number of carbonyl (C=O) groups is 1. The summed E-state index contributed by atoms with van der Waals surface area (Å²) in [6, 6.07) is 15.5. The molecule has 4 rings (SSSR count). The molecule has 2 aromatic rings. The Bertz CT molecular complexity index is 909. The Balaban J connectivity index is 1.62. The summed E-state index contributed by atoms with van der Waals surface area (Å²) in [6.07, 6.45) is 0. The van der Waals surface area contributed by atoms with E-state index in [1.54, 1.807) is 0 Å². The SMILES string of the molecule is CC1(C)OB(c2ccc(OCc3ccccc3)c(C(=O)N3CCOCC3)c2)OC1(C)C. The molecule has 2 heterocycles. The number of hydrogen-bond donors (Lipinski definition) is 0. The molecular weight excluding hydrogens is 393 g/mol. The molecule has 2 aliphatic heterocycles. The zero-order valence-electron chi connectivity index (χ0n) is 18.7. The largest absolute Gasteiger partial charge is 0.494 e. The third-order valence-electron chi connectivity index (χ3n) is 6.29. The second-order valence-electron chi connectivity index (χ2n) is 9.02. The van der Waals surface area contributed by atoms with Crippen molar-refractivity contribution in [2.75, 3.05) is 26.3 Å². The van der Waals surface area contributed by atoms with Gasteiger partial charge < -0.3 is 23.7 Å². The molecule has 0 aromatic heterocycles. The lowest BCUT2D eigenvalue weighted by atomic mass is 9.78. The lowest BCUT2D eigenvalue weighted by Crippen LogP contribution is -2.41. The number of amides is 1. The van der Waals surface area contributed by atoms with Crippen molar-refractivity contribution in [2.45, 2.75) is 45.5 Å². The summed E-state index contributed by atoms with van der Waals surface area (Å²) in [5, 5.41) is 0. The molecule has 7 heteroatoms. The molecule has 0 atom stereocenters. The van der Waals surface area contributed by atoms with Gasteiger partial charge in [-0.1, -0.05) is 36.4 Å². The Hall–Kier alpha value is -2.35. The van der Waals surface area contributed by atoms with E-state index in [1.165, 1.54) is 0 Å². The number of morpholine rings is 1. The first-order valence-corrected chi connectivity index (χ1v) is 10.8. The van der Waals surface area contributed by atoms with Gasteiger partial charge in [0.1, 0.15) is 12.4 Å². The van der Waals surface area contributed by atoms with E-state index in [2.05, 4.69) is 0 Å². The van der Waals surface area contributed by atoms with Crippen LogP contribution in [0.1, 0.15) is 43.6 Å². The van der Waals surface area contributed by atoms with E-state index in [1.807, 2.05) is 81.1 Å². The van der Waals surface area contributed by atoms with Gasteiger partial charge in [0.15, 0.2) is 0 Å². The van der Waals surface area contributed by atoms with Crippen LogP contribution >= 0.6 is 0 Å². The molecule has 2 fully saturated rings. The first kappa shape index (κ1) is 21.9. The number of ether oxygens (including phenoxy) is 2. The quantitative estimate of drug-likeness (QED) is 0.693. The molecule has 2 saturated heterocycles. The lowest BCUT2D eigenvalue weighted by molar-refractivity contribution is 0.00578. The van der Waals surface area contributed by atoms with Crippen LogP contribution in [0.25, 0.3) is 0 Å². The van der Waals surface area contributed by atoms with Crippen LogP contribution in [0.5, 0.6) is 5.75 Å². The minimum Gasteiger partial charge on any atom is -0.488 e. The van der Waals surface area contributed by atoms with Gasteiger partial charge in [-0.15, -0.1) is 0 Å². The van der Waals surface area contributed by atoms with Crippen LogP contribution in [0.4, 0.5) is 0 Å². The summed E-state index contributed by atoms with van der Waals surface area (Å²) in [6.45, 7) is 10.7. The minimum absolute atomic E-state index is 0.0651. The molecule has 0 radical (unpaired) electrons. The van der Waals surface area contributed by atoms with Gasteiger partial charge in [-0.05, 0) is 50.9 Å². The number of rotatable bonds is 5. The predicted molar refractivity (Wildman–Crippen MR) is 120 cm³/mol. The third kappa shape index (κ3) is 4.64. The Labute approximate surface area is 184 Å². The standard InChI is InChI=1S/C24H30BNO5/c1-23(2)24(3,4)31-25(30-23)19-10-11-21(29-17-18-8-6-5-7-9-18)20(16-19)22(27)26-12-14-28-15-13-26/h5-11,16H,12-15,17H2,1-4H3. The molecule has 31 heavy (non-hydrogen) atoms.